The standard InChI is InChI=1S/C12H9F3N2O2S/c1-6-7(2)20-11(16-6)9-4-3-8(12(13,14)15)5-10(9)17(18)19/h3-5H,1-2H3. The molecular formula is C12H9F3N2O2S. The van der Waals surface area contributed by atoms with E-state index in [0.29, 0.717) is 16.8 Å². The minimum atomic E-state index is -4.61. The number of thiazole rings is 1. The Morgan fingerprint density at radius 2 is 1.95 bits per heavy atom. The zero-order chi connectivity index (χ0) is 15.1. The minimum Gasteiger partial charge on any atom is -0.258 e. The SMILES string of the molecule is Cc1nc(-c2ccc(C(F)(F)F)cc2[N+](=O)[O-])sc1C. The van der Waals surface area contributed by atoms with Crippen LogP contribution in [0, 0.1) is 24.0 Å². The lowest BCUT2D eigenvalue weighted by atomic mass is 10.1. The van der Waals surface area contributed by atoms with E-state index in [1.54, 1.807) is 13.8 Å². The normalized spacial score (nSPS) is 11.7. The van der Waals surface area contributed by atoms with Gasteiger partial charge < -0.3 is 0 Å². The summed E-state index contributed by atoms with van der Waals surface area (Å²) in [5.74, 6) is 0. The smallest absolute Gasteiger partial charge is 0.258 e. The van der Waals surface area contributed by atoms with E-state index in [1.807, 2.05) is 0 Å². The van der Waals surface area contributed by atoms with Gasteiger partial charge in [-0.15, -0.1) is 11.3 Å². The molecule has 8 heteroatoms. The Bertz CT molecular complexity index is 660. The molecule has 0 aliphatic heterocycles. The first kappa shape index (κ1) is 14.4. The van der Waals surface area contributed by atoms with Gasteiger partial charge in [0.2, 0.25) is 0 Å². The van der Waals surface area contributed by atoms with Crippen LogP contribution in [0.15, 0.2) is 18.2 Å². The van der Waals surface area contributed by atoms with Gasteiger partial charge in [0.15, 0.2) is 0 Å². The van der Waals surface area contributed by atoms with Gasteiger partial charge >= 0.3 is 6.18 Å². The van der Waals surface area contributed by atoms with Crippen molar-refractivity contribution < 1.29 is 18.1 Å². The predicted molar refractivity (Wildman–Crippen MR) is 68.7 cm³/mol. The van der Waals surface area contributed by atoms with E-state index in [2.05, 4.69) is 4.98 Å². The van der Waals surface area contributed by atoms with E-state index in [1.165, 1.54) is 11.3 Å². The van der Waals surface area contributed by atoms with E-state index in [9.17, 15) is 23.3 Å². The van der Waals surface area contributed by atoms with Gasteiger partial charge in [0, 0.05) is 10.9 Å². The number of aryl methyl sites for hydroxylation is 2. The summed E-state index contributed by atoms with van der Waals surface area (Å²) in [7, 11) is 0. The van der Waals surface area contributed by atoms with Gasteiger partial charge in [-0.25, -0.2) is 4.98 Å². The topological polar surface area (TPSA) is 56.0 Å². The summed E-state index contributed by atoms with van der Waals surface area (Å²) in [5, 5.41) is 11.3. The molecule has 2 aromatic rings. The third-order valence-electron chi connectivity index (χ3n) is 2.78. The van der Waals surface area contributed by atoms with Crippen molar-refractivity contribution >= 4 is 17.0 Å². The molecule has 0 saturated carbocycles. The number of alkyl halides is 3. The summed E-state index contributed by atoms with van der Waals surface area (Å²) in [6.45, 7) is 3.54. The summed E-state index contributed by atoms with van der Waals surface area (Å²) in [4.78, 5) is 15.2. The van der Waals surface area contributed by atoms with Gasteiger partial charge in [0.25, 0.3) is 5.69 Å². The molecule has 0 amide bonds. The van der Waals surface area contributed by atoms with Crippen molar-refractivity contribution in [2.45, 2.75) is 20.0 Å². The van der Waals surface area contributed by atoms with E-state index in [4.69, 9.17) is 0 Å². The lowest BCUT2D eigenvalue weighted by Crippen LogP contribution is -2.06. The third-order valence-corrected chi connectivity index (χ3v) is 3.89. The fourth-order valence-corrected chi connectivity index (χ4v) is 2.58. The number of hydrogen-bond acceptors (Lipinski definition) is 4. The number of aromatic nitrogens is 1. The van der Waals surface area contributed by atoms with Crippen LogP contribution in [0.25, 0.3) is 10.6 Å². The lowest BCUT2D eigenvalue weighted by Gasteiger charge is -2.07. The number of nitro benzene ring substituents is 1. The number of halogens is 3. The van der Waals surface area contributed by atoms with Crippen LogP contribution >= 0.6 is 11.3 Å². The van der Waals surface area contributed by atoms with E-state index in [-0.39, 0.29) is 5.56 Å². The van der Waals surface area contributed by atoms with Gasteiger partial charge in [-0.05, 0) is 26.0 Å². The van der Waals surface area contributed by atoms with Crippen LogP contribution < -0.4 is 0 Å². The molecule has 1 aromatic carbocycles. The van der Waals surface area contributed by atoms with Crippen molar-refractivity contribution in [2.75, 3.05) is 0 Å². The van der Waals surface area contributed by atoms with Crippen molar-refractivity contribution in [2.24, 2.45) is 0 Å². The Morgan fingerprint density at radius 3 is 2.40 bits per heavy atom. The Labute approximate surface area is 116 Å². The van der Waals surface area contributed by atoms with Gasteiger partial charge in [-0.1, -0.05) is 0 Å². The Kier molecular flexibility index (Phi) is 3.51. The molecule has 1 aromatic heterocycles. The van der Waals surface area contributed by atoms with Crippen LogP contribution in [-0.4, -0.2) is 9.91 Å². The van der Waals surface area contributed by atoms with Crippen LogP contribution in [0.4, 0.5) is 18.9 Å². The third kappa shape index (κ3) is 2.64. The van der Waals surface area contributed by atoms with Crippen LogP contribution in [0.2, 0.25) is 0 Å². The molecule has 0 spiro atoms. The maximum atomic E-state index is 12.6. The van der Waals surface area contributed by atoms with E-state index >= 15 is 0 Å². The molecule has 0 fully saturated rings. The highest BCUT2D eigenvalue weighted by Gasteiger charge is 2.33. The summed E-state index contributed by atoms with van der Waals surface area (Å²) in [6.07, 6.45) is -4.61. The van der Waals surface area contributed by atoms with Crippen molar-refractivity contribution in [3.63, 3.8) is 0 Å². The average Bonchev–Trinajstić information content (AvgIpc) is 2.67. The second-order valence-electron chi connectivity index (χ2n) is 4.15. The van der Waals surface area contributed by atoms with Crippen LogP contribution in [0.3, 0.4) is 0 Å². The molecule has 0 aliphatic rings. The Morgan fingerprint density at radius 1 is 1.30 bits per heavy atom. The lowest BCUT2D eigenvalue weighted by molar-refractivity contribution is -0.384. The highest BCUT2D eigenvalue weighted by molar-refractivity contribution is 7.15. The number of nitrogens with zero attached hydrogens (tertiary/aromatic N) is 2. The summed E-state index contributed by atoms with van der Waals surface area (Å²) in [5.41, 5.74) is -0.824. The average molecular weight is 302 g/mol. The molecule has 1 heterocycles. The molecule has 2 rings (SSSR count). The fourth-order valence-electron chi connectivity index (χ4n) is 1.63. The molecule has 0 aliphatic carbocycles. The molecular weight excluding hydrogens is 293 g/mol. The van der Waals surface area contributed by atoms with Gasteiger partial charge in [0.1, 0.15) is 5.01 Å². The summed E-state index contributed by atoms with van der Waals surface area (Å²) >= 11 is 1.22. The number of nitro groups is 1. The van der Waals surface area contributed by atoms with Crippen LogP contribution in [0.1, 0.15) is 16.1 Å². The maximum Gasteiger partial charge on any atom is 0.416 e. The highest BCUT2D eigenvalue weighted by atomic mass is 32.1. The summed E-state index contributed by atoms with van der Waals surface area (Å²) < 4.78 is 37.8. The van der Waals surface area contributed by atoms with Gasteiger partial charge in [-0.2, -0.15) is 13.2 Å². The molecule has 0 radical (unpaired) electrons. The molecule has 0 N–H and O–H groups in total. The molecule has 0 saturated heterocycles. The maximum absolute atomic E-state index is 12.6. The van der Waals surface area contributed by atoms with E-state index < -0.39 is 22.4 Å². The number of rotatable bonds is 2. The van der Waals surface area contributed by atoms with Crippen LogP contribution in [-0.2, 0) is 6.18 Å². The minimum absolute atomic E-state index is 0.101. The quantitative estimate of drug-likeness (QED) is 0.612. The largest absolute Gasteiger partial charge is 0.416 e. The first-order valence-corrected chi connectivity index (χ1v) is 6.32. The van der Waals surface area contributed by atoms with Crippen molar-refractivity contribution in [1.29, 1.82) is 0 Å². The zero-order valence-corrected chi connectivity index (χ0v) is 11.3. The predicted octanol–water partition coefficient (Wildman–Crippen LogP) is 4.35. The summed E-state index contributed by atoms with van der Waals surface area (Å²) in [6, 6.07) is 2.47. The first-order chi connectivity index (χ1) is 9.20. The zero-order valence-electron chi connectivity index (χ0n) is 10.5. The van der Waals surface area contributed by atoms with Crippen LogP contribution in [0.5, 0.6) is 0 Å². The van der Waals surface area contributed by atoms with E-state index in [0.717, 1.165) is 17.0 Å². The molecule has 0 unspecified atom stereocenters. The van der Waals surface area contributed by atoms with Gasteiger partial charge in [0.05, 0.1) is 21.7 Å². The first-order valence-electron chi connectivity index (χ1n) is 5.50. The number of hydrogen-bond donors (Lipinski definition) is 0. The molecule has 106 valence electrons. The monoisotopic (exact) mass is 302 g/mol. The Balaban J connectivity index is 2.62. The van der Waals surface area contributed by atoms with Crippen molar-refractivity contribution in [1.82, 2.24) is 4.98 Å². The number of benzene rings is 1. The van der Waals surface area contributed by atoms with Crippen molar-refractivity contribution in [3.05, 3.63) is 44.4 Å². The molecule has 4 nitrogen and oxygen atoms in total. The second-order valence-corrected chi connectivity index (χ2v) is 5.35. The highest BCUT2D eigenvalue weighted by Crippen LogP contribution is 2.38. The Hall–Kier alpha value is -1.96. The molecule has 0 bridgehead atoms. The van der Waals surface area contributed by atoms with Gasteiger partial charge in [-0.3, -0.25) is 10.1 Å². The fraction of sp³-hybridized carbons (Fsp3) is 0.250. The molecule has 0 atom stereocenters. The second kappa shape index (κ2) is 4.86. The molecule has 20 heavy (non-hydrogen) atoms. The van der Waals surface area contributed by atoms with Crippen molar-refractivity contribution in [3.8, 4) is 10.6 Å².